The summed E-state index contributed by atoms with van der Waals surface area (Å²) >= 11 is 0. The molecule has 7 atom stereocenters. The summed E-state index contributed by atoms with van der Waals surface area (Å²) in [5.74, 6) is 1.83. The Morgan fingerprint density at radius 1 is 0.933 bits per heavy atom. The van der Waals surface area contributed by atoms with Crippen LogP contribution in [-0.2, 0) is 0 Å². The molecule has 3 saturated carbocycles. The second-order valence-electron chi connectivity index (χ2n) is 13.8. The Balaban J connectivity index is 1.61. The van der Waals surface area contributed by atoms with Crippen molar-refractivity contribution in [3.8, 4) is 0 Å². The second-order valence-corrected chi connectivity index (χ2v) is 13.8. The van der Waals surface area contributed by atoms with Gasteiger partial charge in [-0.1, -0.05) is 57.9 Å². The Kier molecular flexibility index (Phi) is 5.47. The maximum Gasteiger partial charge on any atom is -0.00854 e. The highest BCUT2D eigenvalue weighted by molar-refractivity contribution is 5.24. The largest absolute Gasteiger partial charge is 0.0859 e. The quantitative estimate of drug-likeness (QED) is 0.406. The summed E-state index contributed by atoms with van der Waals surface area (Å²) in [5, 5.41) is 0. The van der Waals surface area contributed by atoms with Crippen molar-refractivity contribution in [2.45, 2.75) is 126 Å². The van der Waals surface area contributed by atoms with E-state index in [-0.39, 0.29) is 0 Å². The molecule has 0 heteroatoms. The van der Waals surface area contributed by atoms with Crippen molar-refractivity contribution in [1.29, 1.82) is 0 Å². The van der Waals surface area contributed by atoms with Crippen LogP contribution < -0.4 is 0 Å². The lowest BCUT2D eigenvalue weighted by Crippen LogP contribution is -2.63. The predicted molar refractivity (Wildman–Crippen MR) is 131 cm³/mol. The highest BCUT2D eigenvalue weighted by Crippen LogP contribution is 2.75. The van der Waals surface area contributed by atoms with E-state index in [1.165, 1.54) is 76.2 Å². The van der Waals surface area contributed by atoms with Crippen LogP contribution in [-0.4, -0.2) is 0 Å². The first kappa shape index (κ1) is 22.7. The number of hydrogen-bond donors (Lipinski definition) is 0. The van der Waals surface area contributed by atoms with Crippen LogP contribution in [0.3, 0.4) is 0 Å². The lowest BCUT2D eigenvalue weighted by atomic mass is 9.33. The third kappa shape index (κ3) is 3.21. The molecule has 0 saturated heterocycles. The van der Waals surface area contributed by atoms with Gasteiger partial charge in [-0.05, 0) is 130 Å². The minimum absolute atomic E-state index is 0.473. The summed E-state index contributed by atoms with van der Waals surface area (Å²) in [6, 6.07) is 0. The van der Waals surface area contributed by atoms with E-state index in [0.717, 1.165) is 11.8 Å². The van der Waals surface area contributed by atoms with Gasteiger partial charge >= 0.3 is 0 Å². The number of hydrogen-bond acceptors (Lipinski definition) is 0. The van der Waals surface area contributed by atoms with Crippen LogP contribution in [0.2, 0.25) is 0 Å². The van der Waals surface area contributed by atoms with E-state index in [1.54, 1.807) is 5.57 Å². The van der Waals surface area contributed by atoms with Crippen molar-refractivity contribution in [3.63, 3.8) is 0 Å². The van der Waals surface area contributed by atoms with E-state index < -0.39 is 0 Å². The van der Waals surface area contributed by atoms with Gasteiger partial charge in [-0.25, -0.2) is 0 Å². The fraction of sp³-hybridized carbons (Fsp3) is 0.867. The first-order chi connectivity index (χ1) is 13.9. The van der Waals surface area contributed by atoms with Gasteiger partial charge in [0, 0.05) is 0 Å². The Morgan fingerprint density at radius 2 is 1.67 bits per heavy atom. The molecule has 0 nitrogen and oxygen atoms in total. The van der Waals surface area contributed by atoms with Crippen LogP contribution in [0.4, 0.5) is 0 Å². The molecule has 3 fully saturated rings. The SMILES string of the molecule is CC(C)=CCCC1(C)CCC2(C)C3CCC4(C)C(C)=CCCC4C3(C)CCC2(C)C1. The summed E-state index contributed by atoms with van der Waals surface area (Å²) in [6.45, 7) is 20.4. The van der Waals surface area contributed by atoms with Gasteiger partial charge in [-0.15, -0.1) is 0 Å². The minimum atomic E-state index is 0.473. The summed E-state index contributed by atoms with van der Waals surface area (Å²) in [7, 11) is 0. The van der Waals surface area contributed by atoms with E-state index in [0.29, 0.717) is 27.1 Å². The Bertz CT molecular complexity index is 737. The molecule has 4 aliphatic carbocycles. The van der Waals surface area contributed by atoms with E-state index in [9.17, 15) is 0 Å². The van der Waals surface area contributed by atoms with Gasteiger partial charge in [0.15, 0.2) is 0 Å². The molecule has 7 unspecified atom stereocenters. The molecule has 0 N–H and O–H groups in total. The molecule has 170 valence electrons. The Morgan fingerprint density at radius 3 is 2.37 bits per heavy atom. The fourth-order valence-corrected chi connectivity index (χ4v) is 9.67. The van der Waals surface area contributed by atoms with Crippen LogP contribution >= 0.6 is 0 Å². The average Bonchev–Trinajstić information content (AvgIpc) is 2.65. The Hall–Kier alpha value is -0.520. The molecule has 0 amide bonds. The minimum Gasteiger partial charge on any atom is -0.0859 e. The van der Waals surface area contributed by atoms with Gasteiger partial charge < -0.3 is 0 Å². The molecule has 4 rings (SSSR count). The maximum absolute atomic E-state index is 2.75. The smallest absolute Gasteiger partial charge is 0.00854 e. The molecule has 4 aliphatic rings. The highest BCUT2D eigenvalue weighted by Gasteiger charge is 2.66. The second kappa shape index (κ2) is 7.25. The number of rotatable bonds is 3. The topological polar surface area (TPSA) is 0 Å². The lowest BCUT2D eigenvalue weighted by Gasteiger charge is -2.71. The van der Waals surface area contributed by atoms with E-state index in [1.807, 2.05) is 0 Å². The van der Waals surface area contributed by atoms with Crippen LogP contribution in [0.15, 0.2) is 23.3 Å². The summed E-state index contributed by atoms with van der Waals surface area (Å²) in [4.78, 5) is 0. The van der Waals surface area contributed by atoms with E-state index in [4.69, 9.17) is 0 Å². The lowest BCUT2D eigenvalue weighted by molar-refractivity contribution is -0.211. The van der Waals surface area contributed by atoms with Crippen molar-refractivity contribution >= 4 is 0 Å². The molecule has 0 aromatic heterocycles. The molecule has 30 heavy (non-hydrogen) atoms. The molecular formula is C30H50. The summed E-state index contributed by atoms with van der Waals surface area (Å²) in [5.41, 5.74) is 5.83. The first-order valence-electron chi connectivity index (χ1n) is 13.2. The zero-order chi connectivity index (χ0) is 22.0. The zero-order valence-electron chi connectivity index (χ0n) is 21.6. The molecular weight excluding hydrogens is 360 g/mol. The van der Waals surface area contributed by atoms with Gasteiger partial charge in [0.25, 0.3) is 0 Å². The number of fused-ring (bicyclic) bond motifs is 5. The van der Waals surface area contributed by atoms with Crippen molar-refractivity contribution in [2.24, 2.45) is 38.9 Å². The highest BCUT2D eigenvalue weighted by atomic mass is 14.7. The molecule has 0 aromatic carbocycles. The monoisotopic (exact) mass is 410 g/mol. The third-order valence-corrected chi connectivity index (χ3v) is 11.8. The molecule has 0 heterocycles. The van der Waals surface area contributed by atoms with Crippen molar-refractivity contribution < 1.29 is 0 Å². The maximum atomic E-state index is 2.75. The van der Waals surface area contributed by atoms with Gasteiger partial charge in [-0.3, -0.25) is 0 Å². The van der Waals surface area contributed by atoms with Crippen LogP contribution in [0.25, 0.3) is 0 Å². The molecule has 0 bridgehead atoms. The van der Waals surface area contributed by atoms with Crippen molar-refractivity contribution in [3.05, 3.63) is 23.3 Å². The van der Waals surface area contributed by atoms with Crippen LogP contribution in [0.1, 0.15) is 126 Å². The van der Waals surface area contributed by atoms with Crippen molar-refractivity contribution in [2.75, 3.05) is 0 Å². The van der Waals surface area contributed by atoms with Crippen LogP contribution in [0.5, 0.6) is 0 Å². The van der Waals surface area contributed by atoms with E-state index in [2.05, 4.69) is 67.5 Å². The summed E-state index contributed by atoms with van der Waals surface area (Å²) < 4.78 is 0. The molecule has 0 spiro atoms. The fourth-order valence-electron chi connectivity index (χ4n) is 9.67. The Labute approximate surface area is 188 Å². The summed E-state index contributed by atoms with van der Waals surface area (Å²) in [6.07, 6.45) is 20.7. The standard InChI is InChI=1S/C30H50/c1-22(2)11-10-15-26(4)17-20-30(8)25-14-16-28(6)23(3)12-9-13-24(28)29(25,7)19-18-27(30,5)21-26/h11-12,24-25H,9-10,13-21H2,1-8H3. The first-order valence-corrected chi connectivity index (χ1v) is 13.2. The van der Waals surface area contributed by atoms with Crippen LogP contribution in [0, 0.1) is 38.9 Å². The van der Waals surface area contributed by atoms with E-state index >= 15 is 0 Å². The molecule has 0 aromatic rings. The number of allylic oxidation sites excluding steroid dienone is 4. The normalized spacial score (nSPS) is 50.6. The van der Waals surface area contributed by atoms with Crippen molar-refractivity contribution in [1.82, 2.24) is 0 Å². The van der Waals surface area contributed by atoms with Gasteiger partial charge in [0.1, 0.15) is 0 Å². The zero-order valence-corrected chi connectivity index (χ0v) is 21.6. The van der Waals surface area contributed by atoms with Gasteiger partial charge in [0.2, 0.25) is 0 Å². The predicted octanol–water partition coefficient (Wildman–Crippen LogP) is 9.51. The van der Waals surface area contributed by atoms with Gasteiger partial charge in [0.05, 0.1) is 0 Å². The average molecular weight is 411 g/mol. The molecule has 0 radical (unpaired) electrons. The van der Waals surface area contributed by atoms with Gasteiger partial charge in [-0.2, -0.15) is 0 Å². The molecule has 0 aliphatic heterocycles. The third-order valence-electron chi connectivity index (χ3n) is 11.8.